The maximum Gasteiger partial charge on any atom is 0.293 e. The van der Waals surface area contributed by atoms with Crippen molar-refractivity contribution in [3.63, 3.8) is 0 Å². The van der Waals surface area contributed by atoms with Crippen molar-refractivity contribution in [3.05, 3.63) is 106 Å². The van der Waals surface area contributed by atoms with Gasteiger partial charge in [-0.15, -0.1) is 0 Å². The molecule has 2 saturated carbocycles. The molecular formula is C49H56N8O8S. The Morgan fingerprint density at radius 2 is 1.74 bits per heavy atom. The van der Waals surface area contributed by atoms with Gasteiger partial charge < -0.3 is 34.3 Å². The molecule has 0 radical (unpaired) electrons. The van der Waals surface area contributed by atoms with E-state index < -0.39 is 31.4 Å². The SMILES string of the molecule is O=C(NS(=O)(=O)c1ccc(NC[C@H]2COCCO2)c([N+](=O)[O-])c1)c1ccc(N2CCC3(CC2)CC(N2CCC[C@H]2c2ccccc2C2CC2)C3)cc1N1CCCOc2nc3[nH]ccc3cc21. The Hall–Kier alpha value is -5.75. The average Bonchev–Trinajstić information content (AvgIpc) is 3.95. The van der Waals surface area contributed by atoms with E-state index in [1.807, 2.05) is 35.4 Å². The molecule has 3 saturated heterocycles. The number of nitrogens with one attached hydrogen (secondary N) is 3. The number of carbonyl (C=O) groups is 1. The first-order valence-corrected chi connectivity index (χ1v) is 25.0. The summed E-state index contributed by atoms with van der Waals surface area (Å²) in [5.74, 6) is 0.288. The van der Waals surface area contributed by atoms with Crippen molar-refractivity contribution in [3.8, 4) is 5.88 Å². The Morgan fingerprint density at radius 3 is 2.53 bits per heavy atom. The van der Waals surface area contributed by atoms with Gasteiger partial charge in [-0.05, 0) is 129 Å². The molecule has 6 heterocycles. The lowest BCUT2D eigenvalue weighted by Gasteiger charge is -2.56. The van der Waals surface area contributed by atoms with Crippen molar-refractivity contribution in [2.24, 2.45) is 5.41 Å². The Kier molecular flexibility index (Phi) is 11.3. The second-order valence-corrected chi connectivity index (χ2v) is 20.6. The molecule has 16 nitrogen and oxygen atoms in total. The molecule has 2 aromatic heterocycles. The third-order valence-electron chi connectivity index (χ3n) is 14.8. The largest absolute Gasteiger partial charge is 0.476 e. The van der Waals surface area contributed by atoms with Crippen LogP contribution in [0.5, 0.6) is 5.88 Å². The number of hydrogen-bond donors (Lipinski definition) is 3. The fraction of sp³-hybridized carbons (Fsp3) is 0.469. The number of anilines is 4. The van der Waals surface area contributed by atoms with Crippen LogP contribution in [-0.4, -0.2) is 105 Å². The minimum Gasteiger partial charge on any atom is -0.476 e. The summed E-state index contributed by atoms with van der Waals surface area (Å²) in [4.78, 5) is 40.6. The number of amides is 1. The molecule has 0 bridgehead atoms. The summed E-state index contributed by atoms with van der Waals surface area (Å²) in [6.45, 7) is 5.25. The van der Waals surface area contributed by atoms with E-state index in [4.69, 9.17) is 19.2 Å². The third kappa shape index (κ3) is 8.35. The van der Waals surface area contributed by atoms with Gasteiger partial charge in [-0.1, -0.05) is 24.3 Å². The zero-order valence-corrected chi connectivity index (χ0v) is 37.8. The smallest absolute Gasteiger partial charge is 0.293 e. The molecule has 2 aliphatic carbocycles. The Bertz CT molecular complexity index is 2760. The van der Waals surface area contributed by atoms with E-state index in [0.717, 1.165) is 49.0 Å². The zero-order valence-electron chi connectivity index (χ0n) is 37.0. The standard InChI is InChI=1S/C49H56N8O8S/c58-47(53-66(61,62)37-11-13-41(44(27-37)57(59)60)51-30-36-31-63-23-24-64-36)40-12-10-34(26-43(40)56-19-4-22-65-48-45(56)25-33-14-17-50-46(33)52-48)54-20-15-49(16-21-54)28-35(29-49)55-18-3-7-42(55)39-6-2-1-5-38(39)32-8-9-32/h1-2,5-6,10-14,17,25-27,32,35-36,42,51H,3-4,7-9,15-16,18-24,28-31H2,(H,50,52)(H,53,58)/t36-,42-/m0/s1. The van der Waals surface area contributed by atoms with E-state index in [1.54, 1.807) is 17.2 Å². The fourth-order valence-corrected chi connectivity index (χ4v) is 12.2. The number of piperidine rings is 1. The molecular weight excluding hydrogens is 861 g/mol. The highest BCUT2D eigenvalue weighted by Crippen LogP contribution is 2.55. The molecule has 0 unspecified atom stereocenters. The zero-order chi connectivity index (χ0) is 45.0. The van der Waals surface area contributed by atoms with Gasteiger partial charge in [0.2, 0.25) is 5.88 Å². The number of nitro benzene ring substituents is 1. The fourth-order valence-electron chi connectivity index (χ4n) is 11.2. The van der Waals surface area contributed by atoms with Gasteiger partial charge in [0.15, 0.2) is 0 Å². The number of nitrogens with zero attached hydrogens (tertiary/aromatic N) is 5. The van der Waals surface area contributed by atoms with Gasteiger partial charge in [-0.25, -0.2) is 13.1 Å². The number of likely N-dealkylation sites (tertiary alicyclic amines) is 1. The van der Waals surface area contributed by atoms with Crippen molar-refractivity contribution in [2.75, 3.05) is 74.3 Å². The van der Waals surface area contributed by atoms with Gasteiger partial charge in [-0.3, -0.25) is 19.8 Å². The topological polar surface area (TPSA) is 185 Å². The predicted molar refractivity (Wildman–Crippen MR) is 250 cm³/mol. The highest BCUT2D eigenvalue weighted by atomic mass is 32.2. The number of aromatic nitrogens is 2. The maximum absolute atomic E-state index is 14.4. The third-order valence-corrected chi connectivity index (χ3v) is 16.2. The number of fused-ring (bicyclic) bond motifs is 2. The van der Waals surface area contributed by atoms with Gasteiger partial charge in [0.25, 0.3) is 21.6 Å². The van der Waals surface area contributed by atoms with Crippen LogP contribution in [0.1, 0.15) is 91.2 Å². The molecule has 6 aliphatic rings. The van der Waals surface area contributed by atoms with Crippen LogP contribution in [0.4, 0.5) is 28.4 Å². The number of H-pyrrole nitrogens is 1. The monoisotopic (exact) mass is 916 g/mol. The van der Waals surface area contributed by atoms with Crippen LogP contribution in [0.3, 0.4) is 0 Å². The van der Waals surface area contributed by atoms with E-state index in [2.05, 4.69) is 49.1 Å². The number of benzene rings is 3. The van der Waals surface area contributed by atoms with E-state index >= 15 is 0 Å². The van der Waals surface area contributed by atoms with Gasteiger partial charge in [-0.2, -0.15) is 4.98 Å². The number of pyridine rings is 1. The lowest BCUT2D eigenvalue weighted by Crippen LogP contribution is -2.55. The normalized spacial score (nSPS) is 22.4. The Morgan fingerprint density at radius 1 is 0.909 bits per heavy atom. The lowest BCUT2D eigenvalue weighted by molar-refractivity contribution is -0.384. The predicted octanol–water partition coefficient (Wildman–Crippen LogP) is 7.80. The van der Waals surface area contributed by atoms with Crippen LogP contribution in [0.25, 0.3) is 11.0 Å². The molecule has 17 heteroatoms. The number of hydrogen-bond acceptors (Lipinski definition) is 13. The summed E-state index contributed by atoms with van der Waals surface area (Å²) < 4.78 is 47.3. The summed E-state index contributed by atoms with van der Waals surface area (Å²) in [6, 6.07) is 23.3. The molecule has 66 heavy (non-hydrogen) atoms. The van der Waals surface area contributed by atoms with Crippen LogP contribution in [0, 0.1) is 15.5 Å². The molecule has 1 spiro atoms. The summed E-state index contributed by atoms with van der Waals surface area (Å²) in [5.41, 5.74) is 6.05. The van der Waals surface area contributed by atoms with E-state index in [1.165, 1.54) is 57.2 Å². The van der Waals surface area contributed by atoms with Crippen LogP contribution in [-0.2, 0) is 19.5 Å². The first kappa shape index (κ1) is 42.9. The summed E-state index contributed by atoms with van der Waals surface area (Å²) >= 11 is 0. The molecule has 3 aromatic carbocycles. The van der Waals surface area contributed by atoms with Crippen molar-refractivity contribution in [2.45, 2.75) is 86.8 Å². The van der Waals surface area contributed by atoms with Gasteiger partial charge >= 0.3 is 0 Å². The molecule has 346 valence electrons. The Balaban J connectivity index is 0.839. The van der Waals surface area contributed by atoms with E-state index in [0.29, 0.717) is 79.8 Å². The van der Waals surface area contributed by atoms with Crippen LogP contribution in [0.15, 0.2) is 83.9 Å². The number of carbonyl (C=O) groups excluding carboxylic acids is 1. The molecule has 5 fully saturated rings. The van der Waals surface area contributed by atoms with Crippen LogP contribution >= 0.6 is 0 Å². The summed E-state index contributed by atoms with van der Waals surface area (Å²) in [6.07, 6.45) is 11.8. The van der Waals surface area contributed by atoms with Gasteiger partial charge in [0.05, 0.1) is 53.6 Å². The quantitative estimate of drug-likeness (QED) is 0.0815. The molecule has 3 N–H and O–H groups in total. The van der Waals surface area contributed by atoms with Crippen molar-refractivity contribution in [1.82, 2.24) is 19.6 Å². The first-order valence-electron chi connectivity index (χ1n) is 23.5. The Labute approximate surface area is 384 Å². The van der Waals surface area contributed by atoms with Crippen molar-refractivity contribution in [1.29, 1.82) is 0 Å². The minimum atomic E-state index is -4.58. The molecule has 1 amide bonds. The van der Waals surface area contributed by atoms with E-state index in [-0.39, 0.29) is 23.9 Å². The maximum atomic E-state index is 14.4. The summed E-state index contributed by atoms with van der Waals surface area (Å²) in [7, 11) is -4.58. The number of ether oxygens (including phenoxy) is 3. The number of sulfonamides is 1. The van der Waals surface area contributed by atoms with Crippen molar-refractivity contribution >= 4 is 55.4 Å². The summed E-state index contributed by atoms with van der Waals surface area (Å²) in [5, 5.41) is 16.0. The van der Waals surface area contributed by atoms with Crippen molar-refractivity contribution < 1.29 is 32.3 Å². The molecule has 4 aliphatic heterocycles. The number of nitro groups is 1. The second kappa shape index (κ2) is 17.5. The van der Waals surface area contributed by atoms with E-state index in [9.17, 15) is 23.3 Å². The molecule has 2 atom stereocenters. The highest BCUT2D eigenvalue weighted by Gasteiger charge is 2.50. The van der Waals surface area contributed by atoms with Gasteiger partial charge in [0, 0.05) is 61.6 Å². The first-order chi connectivity index (χ1) is 32.1. The lowest BCUT2D eigenvalue weighted by atomic mass is 9.59. The highest BCUT2D eigenvalue weighted by molar-refractivity contribution is 7.90. The second-order valence-electron chi connectivity index (χ2n) is 19.0. The van der Waals surface area contributed by atoms with Crippen LogP contribution in [0.2, 0.25) is 0 Å². The van der Waals surface area contributed by atoms with Crippen LogP contribution < -0.4 is 24.6 Å². The number of rotatable bonds is 12. The minimum absolute atomic E-state index is 0.121. The average molecular weight is 917 g/mol. The molecule has 5 aromatic rings. The molecule has 11 rings (SSSR count). The van der Waals surface area contributed by atoms with Gasteiger partial charge in [0.1, 0.15) is 17.0 Å². The number of aromatic amines is 1.